The third-order valence-corrected chi connectivity index (χ3v) is 3.68. The molecule has 0 saturated heterocycles. The van der Waals surface area contributed by atoms with Crippen LogP contribution in [0.5, 0.6) is 0 Å². The van der Waals surface area contributed by atoms with Crippen LogP contribution in [0.2, 0.25) is 0 Å². The molecule has 5 nitrogen and oxygen atoms in total. The highest BCUT2D eigenvalue weighted by Gasteiger charge is 2.16. The Labute approximate surface area is 116 Å². The molecule has 0 aliphatic rings. The summed E-state index contributed by atoms with van der Waals surface area (Å²) in [6.07, 6.45) is 3.32. The van der Waals surface area contributed by atoms with Crippen molar-refractivity contribution >= 4 is 22.9 Å². The van der Waals surface area contributed by atoms with E-state index in [-0.39, 0.29) is 11.9 Å². The van der Waals surface area contributed by atoms with Crippen LogP contribution in [0.1, 0.15) is 34.0 Å². The number of hydrogen-bond acceptors (Lipinski definition) is 5. The van der Waals surface area contributed by atoms with Gasteiger partial charge in [0.25, 0.3) is 5.91 Å². The van der Waals surface area contributed by atoms with Gasteiger partial charge in [-0.05, 0) is 19.9 Å². The van der Waals surface area contributed by atoms with Crippen molar-refractivity contribution in [3.8, 4) is 0 Å². The van der Waals surface area contributed by atoms with Crippen LogP contribution in [0.15, 0.2) is 23.8 Å². The van der Waals surface area contributed by atoms with Gasteiger partial charge in [0.1, 0.15) is 5.01 Å². The Bertz CT molecular complexity index is 568. The minimum absolute atomic E-state index is 0.112. The minimum Gasteiger partial charge on any atom is -0.387 e. The van der Waals surface area contributed by atoms with Gasteiger partial charge in [0.2, 0.25) is 0 Å². The second-order valence-corrected chi connectivity index (χ2v) is 5.11. The van der Waals surface area contributed by atoms with Gasteiger partial charge in [0, 0.05) is 30.5 Å². The van der Waals surface area contributed by atoms with Crippen molar-refractivity contribution in [2.24, 2.45) is 0 Å². The third-order valence-electron chi connectivity index (χ3n) is 2.72. The summed E-state index contributed by atoms with van der Waals surface area (Å²) < 4.78 is 0. The van der Waals surface area contributed by atoms with Crippen LogP contribution >= 0.6 is 11.3 Å². The lowest BCUT2D eigenvalue weighted by molar-refractivity contribution is 0.0940. The van der Waals surface area contributed by atoms with E-state index in [0.717, 1.165) is 16.4 Å². The van der Waals surface area contributed by atoms with Crippen LogP contribution in [0.3, 0.4) is 0 Å². The molecule has 1 unspecified atom stereocenters. The lowest BCUT2D eigenvalue weighted by atomic mass is 10.2. The molecule has 2 aromatic heterocycles. The van der Waals surface area contributed by atoms with Crippen molar-refractivity contribution in [1.82, 2.24) is 15.3 Å². The summed E-state index contributed by atoms with van der Waals surface area (Å²) in [7, 11) is 1.79. The summed E-state index contributed by atoms with van der Waals surface area (Å²) in [6, 6.07) is 1.74. The highest BCUT2D eigenvalue weighted by molar-refractivity contribution is 7.09. The molecule has 1 atom stereocenters. The quantitative estimate of drug-likeness (QED) is 0.899. The summed E-state index contributed by atoms with van der Waals surface area (Å²) in [4.78, 5) is 20.6. The highest BCUT2D eigenvalue weighted by Crippen LogP contribution is 2.18. The number of carbonyl (C=O) groups is 1. The lowest BCUT2D eigenvalue weighted by Crippen LogP contribution is -2.27. The maximum atomic E-state index is 12.2. The van der Waals surface area contributed by atoms with Gasteiger partial charge in [0.15, 0.2) is 0 Å². The van der Waals surface area contributed by atoms with Crippen molar-refractivity contribution in [3.05, 3.63) is 40.1 Å². The largest absolute Gasteiger partial charge is 0.387 e. The number of anilines is 1. The predicted octanol–water partition coefficient (Wildman–Crippen LogP) is 2.38. The Morgan fingerprint density at radius 2 is 2.21 bits per heavy atom. The van der Waals surface area contributed by atoms with E-state index in [0.29, 0.717) is 5.56 Å². The van der Waals surface area contributed by atoms with E-state index in [1.54, 1.807) is 19.4 Å². The monoisotopic (exact) mass is 276 g/mol. The number of nitrogens with zero attached hydrogens (tertiary/aromatic N) is 2. The Morgan fingerprint density at radius 3 is 2.84 bits per heavy atom. The number of carbonyl (C=O) groups excluding carboxylic acids is 1. The number of rotatable bonds is 4. The molecule has 6 heteroatoms. The van der Waals surface area contributed by atoms with E-state index in [4.69, 9.17) is 0 Å². The van der Waals surface area contributed by atoms with E-state index in [2.05, 4.69) is 20.6 Å². The Morgan fingerprint density at radius 1 is 1.42 bits per heavy atom. The topological polar surface area (TPSA) is 66.9 Å². The van der Waals surface area contributed by atoms with Crippen LogP contribution < -0.4 is 10.6 Å². The SMILES string of the molecule is CNc1cc(C)ncc1C(=O)NC(C)c1nccs1. The van der Waals surface area contributed by atoms with Gasteiger partial charge in [-0.2, -0.15) is 0 Å². The number of pyridine rings is 1. The zero-order valence-corrected chi connectivity index (χ0v) is 11.9. The fourth-order valence-electron chi connectivity index (χ4n) is 1.73. The van der Waals surface area contributed by atoms with Gasteiger partial charge in [-0.25, -0.2) is 4.98 Å². The number of thiazole rings is 1. The Hall–Kier alpha value is -1.95. The van der Waals surface area contributed by atoms with Crippen molar-refractivity contribution in [2.75, 3.05) is 12.4 Å². The third kappa shape index (κ3) is 3.08. The van der Waals surface area contributed by atoms with Crippen LogP contribution in [0, 0.1) is 6.92 Å². The van der Waals surface area contributed by atoms with E-state index < -0.39 is 0 Å². The summed E-state index contributed by atoms with van der Waals surface area (Å²) in [6.45, 7) is 3.80. The molecule has 0 bridgehead atoms. The van der Waals surface area contributed by atoms with Gasteiger partial charge in [-0.1, -0.05) is 0 Å². The molecule has 0 fully saturated rings. The molecular weight excluding hydrogens is 260 g/mol. The summed E-state index contributed by atoms with van der Waals surface area (Å²) in [5.41, 5.74) is 2.18. The Kier molecular flexibility index (Phi) is 4.11. The fourth-order valence-corrected chi connectivity index (χ4v) is 2.38. The molecule has 0 aliphatic carbocycles. The Balaban J connectivity index is 2.16. The fraction of sp³-hybridized carbons (Fsp3) is 0.308. The number of amides is 1. The molecular formula is C13H16N4OS. The first-order valence-corrected chi connectivity index (χ1v) is 6.84. The molecule has 19 heavy (non-hydrogen) atoms. The average molecular weight is 276 g/mol. The van der Waals surface area contributed by atoms with Crippen molar-refractivity contribution in [1.29, 1.82) is 0 Å². The molecule has 2 heterocycles. The molecule has 2 N–H and O–H groups in total. The van der Waals surface area contributed by atoms with Crippen LogP contribution in [0.25, 0.3) is 0 Å². The first-order chi connectivity index (χ1) is 9.11. The first-order valence-electron chi connectivity index (χ1n) is 5.96. The molecule has 2 rings (SSSR count). The van der Waals surface area contributed by atoms with E-state index in [9.17, 15) is 4.79 Å². The maximum absolute atomic E-state index is 12.2. The maximum Gasteiger partial charge on any atom is 0.255 e. The van der Waals surface area contributed by atoms with E-state index >= 15 is 0 Å². The van der Waals surface area contributed by atoms with Gasteiger partial charge >= 0.3 is 0 Å². The molecule has 100 valence electrons. The zero-order chi connectivity index (χ0) is 13.8. The normalized spacial score (nSPS) is 11.9. The van der Waals surface area contributed by atoms with Gasteiger partial charge in [-0.3, -0.25) is 9.78 Å². The lowest BCUT2D eigenvalue weighted by Gasteiger charge is -2.13. The molecule has 0 aromatic carbocycles. The smallest absolute Gasteiger partial charge is 0.255 e. The van der Waals surface area contributed by atoms with Gasteiger partial charge in [-0.15, -0.1) is 11.3 Å². The zero-order valence-electron chi connectivity index (χ0n) is 11.1. The minimum atomic E-state index is -0.153. The van der Waals surface area contributed by atoms with Crippen molar-refractivity contribution in [2.45, 2.75) is 19.9 Å². The van der Waals surface area contributed by atoms with Gasteiger partial charge in [0.05, 0.1) is 17.3 Å². The molecule has 0 aliphatic heterocycles. The second kappa shape index (κ2) is 5.79. The number of nitrogens with one attached hydrogen (secondary N) is 2. The second-order valence-electron chi connectivity index (χ2n) is 4.19. The molecule has 0 radical (unpaired) electrons. The van der Waals surface area contributed by atoms with Crippen molar-refractivity contribution in [3.63, 3.8) is 0 Å². The van der Waals surface area contributed by atoms with Crippen LogP contribution in [-0.2, 0) is 0 Å². The number of aryl methyl sites for hydroxylation is 1. The number of hydrogen-bond donors (Lipinski definition) is 2. The molecule has 1 amide bonds. The first kappa shape index (κ1) is 13.5. The number of aromatic nitrogens is 2. The van der Waals surface area contributed by atoms with E-state index in [1.807, 2.05) is 25.3 Å². The summed E-state index contributed by atoms with van der Waals surface area (Å²) >= 11 is 1.52. The van der Waals surface area contributed by atoms with Crippen LogP contribution in [0.4, 0.5) is 5.69 Å². The van der Waals surface area contributed by atoms with E-state index in [1.165, 1.54) is 11.3 Å². The van der Waals surface area contributed by atoms with Crippen molar-refractivity contribution < 1.29 is 4.79 Å². The summed E-state index contributed by atoms with van der Waals surface area (Å²) in [5.74, 6) is -0.153. The van der Waals surface area contributed by atoms with Crippen LogP contribution in [-0.4, -0.2) is 22.9 Å². The summed E-state index contributed by atoms with van der Waals surface area (Å²) in [5, 5.41) is 8.71. The van der Waals surface area contributed by atoms with Gasteiger partial charge < -0.3 is 10.6 Å². The average Bonchev–Trinajstić information content (AvgIpc) is 2.92. The standard InChI is InChI=1S/C13H16N4OS/c1-8-6-11(14-3)10(7-16-8)12(18)17-9(2)13-15-4-5-19-13/h4-7,9H,1-3H3,(H,14,16)(H,17,18). The highest BCUT2D eigenvalue weighted by atomic mass is 32.1. The molecule has 0 saturated carbocycles. The molecule has 0 spiro atoms. The molecule has 2 aromatic rings. The predicted molar refractivity (Wildman–Crippen MR) is 76.5 cm³/mol.